The second-order valence-corrected chi connectivity index (χ2v) is 5.93. The van der Waals surface area contributed by atoms with E-state index in [1.807, 2.05) is 6.92 Å². The first kappa shape index (κ1) is 17.0. The van der Waals surface area contributed by atoms with Crippen LogP contribution in [0.25, 0.3) is 0 Å². The first-order valence-electron chi connectivity index (χ1n) is 6.85. The fourth-order valence-electron chi connectivity index (χ4n) is 1.87. The molecule has 0 radical (unpaired) electrons. The van der Waals surface area contributed by atoms with Gasteiger partial charge in [-0.05, 0) is 30.4 Å². The van der Waals surface area contributed by atoms with Crippen LogP contribution in [0.1, 0.15) is 31.9 Å². The number of hydrogen-bond acceptors (Lipinski definition) is 4. The van der Waals surface area contributed by atoms with Crippen molar-refractivity contribution in [2.45, 2.75) is 37.3 Å². The van der Waals surface area contributed by atoms with Crippen molar-refractivity contribution >= 4 is 17.7 Å². The summed E-state index contributed by atoms with van der Waals surface area (Å²) in [6.45, 7) is 4.45. The molecule has 0 saturated heterocycles. The van der Waals surface area contributed by atoms with E-state index in [0.717, 1.165) is 11.3 Å². The molecular formula is C15H24N2O2S. The molecule has 1 amide bonds. The average molecular weight is 296 g/mol. The Kier molecular flexibility index (Phi) is 7.65. The van der Waals surface area contributed by atoms with Crippen LogP contribution in [0, 0.1) is 0 Å². The molecule has 0 fully saturated rings. The zero-order valence-electron chi connectivity index (χ0n) is 12.4. The Hall–Kier alpha value is -1.04. The minimum Gasteiger partial charge on any atom is -0.380 e. The number of thioether (sulfide) groups is 1. The third-order valence-corrected chi connectivity index (χ3v) is 3.97. The molecule has 5 heteroatoms. The van der Waals surface area contributed by atoms with Gasteiger partial charge in [0.25, 0.3) is 0 Å². The number of benzene rings is 1. The minimum absolute atomic E-state index is 0.0153. The topological polar surface area (TPSA) is 64.4 Å². The summed E-state index contributed by atoms with van der Waals surface area (Å²) in [5.41, 5.74) is 6.61. The summed E-state index contributed by atoms with van der Waals surface area (Å²) >= 11 is 1.81. The fraction of sp³-hybridized carbons (Fsp3) is 0.533. The van der Waals surface area contributed by atoms with E-state index in [-0.39, 0.29) is 18.1 Å². The predicted octanol–water partition coefficient (Wildman–Crippen LogP) is 2.34. The summed E-state index contributed by atoms with van der Waals surface area (Å²) in [5.74, 6) is 1.02. The molecule has 3 N–H and O–H groups in total. The van der Waals surface area contributed by atoms with Gasteiger partial charge in [0.05, 0.1) is 18.6 Å². The van der Waals surface area contributed by atoms with E-state index < -0.39 is 0 Å². The molecule has 0 heterocycles. The van der Waals surface area contributed by atoms with E-state index in [0.29, 0.717) is 13.0 Å². The zero-order chi connectivity index (χ0) is 15.0. The molecule has 0 bridgehead atoms. The van der Waals surface area contributed by atoms with Crippen LogP contribution in [-0.2, 0) is 9.53 Å². The van der Waals surface area contributed by atoms with E-state index in [9.17, 15) is 4.79 Å². The van der Waals surface area contributed by atoms with Crippen LogP contribution >= 0.6 is 11.8 Å². The van der Waals surface area contributed by atoms with Crippen LogP contribution in [0.5, 0.6) is 0 Å². The molecule has 1 aromatic rings. The SMILES string of the molecule is CCSc1ccc(C(C)NC(=O)CC(CN)OC)cc1. The van der Waals surface area contributed by atoms with Gasteiger partial charge in [-0.1, -0.05) is 19.1 Å². The fourth-order valence-corrected chi connectivity index (χ4v) is 2.53. The lowest BCUT2D eigenvalue weighted by Crippen LogP contribution is -2.33. The van der Waals surface area contributed by atoms with Gasteiger partial charge >= 0.3 is 0 Å². The van der Waals surface area contributed by atoms with E-state index in [2.05, 4.69) is 36.5 Å². The normalized spacial score (nSPS) is 13.8. The van der Waals surface area contributed by atoms with E-state index >= 15 is 0 Å². The lowest BCUT2D eigenvalue weighted by Gasteiger charge is -2.17. The average Bonchev–Trinajstić information content (AvgIpc) is 2.45. The largest absolute Gasteiger partial charge is 0.380 e. The van der Waals surface area contributed by atoms with Crippen LogP contribution in [0.3, 0.4) is 0 Å². The summed E-state index contributed by atoms with van der Waals surface area (Å²) in [7, 11) is 1.57. The Balaban J connectivity index is 2.52. The molecule has 2 atom stereocenters. The van der Waals surface area contributed by atoms with Crippen LogP contribution in [0.4, 0.5) is 0 Å². The molecular weight excluding hydrogens is 272 g/mol. The lowest BCUT2D eigenvalue weighted by atomic mass is 10.1. The van der Waals surface area contributed by atoms with Crippen molar-refractivity contribution < 1.29 is 9.53 Å². The molecule has 0 saturated carbocycles. The highest BCUT2D eigenvalue weighted by atomic mass is 32.2. The highest BCUT2D eigenvalue weighted by Crippen LogP contribution is 2.20. The number of carbonyl (C=O) groups excluding carboxylic acids is 1. The number of carbonyl (C=O) groups is 1. The maximum atomic E-state index is 11.9. The second kappa shape index (κ2) is 9.00. The van der Waals surface area contributed by atoms with Crippen molar-refractivity contribution in [2.75, 3.05) is 19.4 Å². The Morgan fingerprint density at radius 3 is 2.55 bits per heavy atom. The van der Waals surface area contributed by atoms with Gasteiger partial charge in [0.15, 0.2) is 0 Å². The summed E-state index contributed by atoms with van der Waals surface area (Å²) in [5, 5.41) is 2.97. The molecule has 0 aliphatic carbocycles. The van der Waals surface area contributed by atoms with E-state index in [1.54, 1.807) is 18.9 Å². The molecule has 2 unspecified atom stereocenters. The number of nitrogens with one attached hydrogen (secondary N) is 1. The van der Waals surface area contributed by atoms with Crippen molar-refractivity contribution in [3.05, 3.63) is 29.8 Å². The molecule has 0 aliphatic heterocycles. The number of rotatable bonds is 8. The van der Waals surface area contributed by atoms with Gasteiger partial charge in [0.2, 0.25) is 5.91 Å². The monoisotopic (exact) mass is 296 g/mol. The Morgan fingerprint density at radius 1 is 1.40 bits per heavy atom. The Morgan fingerprint density at radius 2 is 2.05 bits per heavy atom. The third-order valence-electron chi connectivity index (χ3n) is 3.08. The van der Waals surface area contributed by atoms with Gasteiger partial charge in [-0.3, -0.25) is 4.79 Å². The molecule has 1 rings (SSSR count). The second-order valence-electron chi connectivity index (χ2n) is 4.59. The number of amides is 1. The van der Waals surface area contributed by atoms with Gasteiger partial charge in [-0.2, -0.15) is 0 Å². The highest BCUT2D eigenvalue weighted by Gasteiger charge is 2.14. The zero-order valence-corrected chi connectivity index (χ0v) is 13.2. The van der Waals surface area contributed by atoms with E-state index in [1.165, 1.54) is 4.90 Å². The Bertz CT molecular complexity index is 405. The van der Waals surface area contributed by atoms with Crippen LogP contribution < -0.4 is 11.1 Å². The molecule has 112 valence electrons. The first-order chi connectivity index (χ1) is 9.60. The first-order valence-corrected chi connectivity index (χ1v) is 7.84. The maximum absolute atomic E-state index is 11.9. The van der Waals surface area contributed by atoms with Crippen LogP contribution in [0.2, 0.25) is 0 Å². The van der Waals surface area contributed by atoms with Gasteiger partial charge in [0, 0.05) is 18.6 Å². The molecule has 0 aromatic heterocycles. The number of nitrogens with two attached hydrogens (primary N) is 1. The summed E-state index contributed by atoms with van der Waals surface area (Å²) < 4.78 is 5.11. The summed E-state index contributed by atoms with van der Waals surface area (Å²) in [6.07, 6.45) is 0.0757. The molecule has 1 aromatic carbocycles. The highest BCUT2D eigenvalue weighted by molar-refractivity contribution is 7.99. The smallest absolute Gasteiger partial charge is 0.223 e. The molecule has 0 spiro atoms. The molecule has 0 aliphatic rings. The number of ether oxygens (including phenoxy) is 1. The predicted molar refractivity (Wildman–Crippen MR) is 83.9 cm³/mol. The van der Waals surface area contributed by atoms with Crippen molar-refractivity contribution in [2.24, 2.45) is 5.73 Å². The van der Waals surface area contributed by atoms with Gasteiger partial charge < -0.3 is 15.8 Å². The molecule has 4 nitrogen and oxygen atoms in total. The minimum atomic E-state index is -0.217. The van der Waals surface area contributed by atoms with Crippen LogP contribution in [-0.4, -0.2) is 31.4 Å². The lowest BCUT2D eigenvalue weighted by molar-refractivity contribution is -0.124. The summed E-state index contributed by atoms with van der Waals surface area (Å²) in [4.78, 5) is 13.1. The van der Waals surface area contributed by atoms with Crippen molar-refractivity contribution in [3.63, 3.8) is 0 Å². The quantitative estimate of drug-likeness (QED) is 0.723. The number of hydrogen-bond donors (Lipinski definition) is 2. The Labute approximate surface area is 125 Å². The summed E-state index contributed by atoms with van der Waals surface area (Å²) in [6, 6.07) is 8.27. The molecule has 20 heavy (non-hydrogen) atoms. The standard InChI is InChI=1S/C15H24N2O2S/c1-4-20-14-7-5-12(6-8-14)11(2)17-15(18)9-13(10-16)19-3/h5-8,11,13H,4,9-10,16H2,1-3H3,(H,17,18). The van der Waals surface area contributed by atoms with Gasteiger partial charge in [-0.15, -0.1) is 11.8 Å². The van der Waals surface area contributed by atoms with E-state index in [4.69, 9.17) is 10.5 Å². The van der Waals surface area contributed by atoms with Crippen molar-refractivity contribution in [3.8, 4) is 0 Å². The number of methoxy groups -OCH3 is 1. The van der Waals surface area contributed by atoms with Gasteiger partial charge in [-0.25, -0.2) is 0 Å². The van der Waals surface area contributed by atoms with Gasteiger partial charge in [0.1, 0.15) is 0 Å². The maximum Gasteiger partial charge on any atom is 0.223 e. The van der Waals surface area contributed by atoms with Crippen LogP contribution in [0.15, 0.2) is 29.2 Å². The van der Waals surface area contributed by atoms with Crippen molar-refractivity contribution in [1.82, 2.24) is 5.32 Å². The van der Waals surface area contributed by atoms with Crippen molar-refractivity contribution in [1.29, 1.82) is 0 Å². The third kappa shape index (κ3) is 5.53.